The van der Waals surface area contributed by atoms with E-state index in [2.05, 4.69) is 15.9 Å². The summed E-state index contributed by atoms with van der Waals surface area (Å²) in [7, 11) is 2.86. The largest absolute Gasteiger partial charge is 0.504 e. The van der Waals surface area contributed by atoms with E-state index in [0.717, 1.165) is 9.80 Å². The minimum atomic E-state index is -1.90. The molecule has 1 N–H and O–H groups in total. The van der Waals surface area contributed by atoms with Crippen LogP contribution in [0.4, 0.5) is 0 Å². The molecule has 11 heteroatoms. The number of hydrogen-bond acceptors (Lipinski definition) is 6. The van der Waals surface area contributed by atoms with Gasteiger partial charge in [-0.1, -0.05) is 33.6 Å². The number of halogens is 3. The average molecular weight is 572 g/mol. The molecule has 2 saturated heterocycles. The Morgan fingerprint density at radius 1 is 1.15 bits per heavy atom. The van der Waals surface area contributed by atoms with E-state index in [1.165, 1.54) is 26.3 Å². The summed E-state index contributed by atoms with van der Waals surface area (Å²) in [5.74, 6) is -4.61. The zero-order valence-electron chi connectivity index (χ0n) is 18.3. The number of ether oxygens (including phenoxy) is 1. The number of nitrogens with zero attached hydrogens (tertiary/aromatic N) is 2. The first-order valence-corrected chi connectivity index (χ1v) is 12.6. The molecule has 3 fully saturated rings. The number of imide groups is 2. The maximum absolute atomic E-state index is 13.6. The van der Waals surface area contributed by atoms with E-state index < -0.39 is 45.2 Å². The fraction of sp³-hybridized carbons (Fsp3) is 0.478. The van der Waals surface area contributed by atoms with Crippen molar-refractivity contribution in [3.05, 3.63) is 35.4 Å². The Balaban J connectivity index is 1.75. The summed E-state index contributed by atoms with van der Waals surface area (Å²) in [6, 6.07) is 4.63. The molecule has 4 amide bonds. The molecule has 0 unspecified atom stereocenters. The molecular formula is C23H21BrCl2N2O6. The second-order valence-corrected chi connectivity index (χ2v) is 10.9. The molecule has 4 aliphatic rings. The number of rotatable bonds is 3. The lowest BCUT2D eigenvalue weighted by molar-refractivity contribution is -0.140. The van der Waals surface area contributed by atoms with Crippen LogP contribution >= 0.6 is 39.1 Å². The zero-order chi connectivity index (χ0) is 24.7. The van der Waals surface area contributed by atoms with Crippen molar-refractivity contribution in [2.45, 2.75) is 28.5 Å². The molecule has 2 aliphatic carbocycles. The van der Waals surface area contributed by atoms with Gasteiger partial charge in [-0.3, -0.25) is 29.0 Å². The molecule has 180 valence electrons. The van der Waals surface area contributed by atoms with Gasteiger partial charge in [0.25, 0.3) is 11.8 Å². The molecule has 2 aliphatic heterocycles. The van der Waals surface area contributed by atoms with E-state index in [-0.39, 0.29) is 35.2 Å². The van der Waals surface area contributed by atoms with Gasteiger partial charge in [0.1, 0.15) is 0 Å². The Morgan fingerprint density at radius 2 is 1.85 bits per heavy atom. The average Bonchev–Trinajstić information content (AvgIpc) is 3.12. The second kappa shape index (κ2) is 7.70. The highest BCUT2D eigenvalue weighted by Crippen LogP contribution is 2.65. The number of amides is 4. The van der Waals surface area contributed by atoms with Gasteiger partial charge in [-0.25, -0.2) is 0 Å². The quantitative estimate of drug-likeness (QED) is 0.259. The highest BCUT2D eigenvalue weighted by molar-refractivity contribution is 9.09. The van der Waals surface area contributed by atoms with Gasteiger partial charge in [0.2, 0.25) is 11.8 Å². The van der Waals surface area contributed by atoms with Crippen molar-refractivity contribution in [2.24, 2.45) is 17.8 Å². The van der Waals surface area contributed by atoms with Crippen LogP contribution in [0.2, 0.25) is 0 Å². The molecule has 8 nitrogen and oxygen atoms in total. The number of likely N-dealkylation sites (tertiary alicyclic amines) is 2. The number of alkyl halides is 3. The number of phenols is 1. The molecule has 34 heavy (non-hydrogen) atoms. The Kier molecular flexibility index (Phi) is 5.35. The lowest BCUT2D eigenvalue weighted by Gasteiger charge is -2.50. The third-order valence-electron chi connectivity index (χ3n) is 7.77. The molecule has 0 radical (unpaired) electrons. The summed E-state index contributed by atoms with van der Waals surface area (Å²) in [6.45, 7) is 0. The molecule has 6 atom stereocenters. The van der Waals surface area contributed by atoms with Crippen LogP contribution in [0, 0.1) is 17.8 Å². The molecule has 0 spiro atoms. The number of phenolic OH excluding ortho intramolecular Hbond substituents is 1. The van der Waals surface area contributed by atoms with Gasteiger partial charge >= 0.3 is 0 Å². The van der Waals surface area contributed by atoms with E-state index in [9.17, 15) is 24.3 Å². The van der Waals surface area contributed by atoms with E-state index in [4.69, 9.17) is 27.9 Å². The van der Waals surface area contributed by atoms with Crippen LogP contribution in [0.3, 0.4) is 0 Å². The van der Waals surface area contributed by atoms with Crippen molar-refractivity contribution in [2.75, 3.05) is 19.6 Å². The summed E-state index contributed by atoms with van der Waals surface area (Å²) in [4.78, 5) is 51.2. The Morgan fingerprint density at radius 3 is 2.47 bits per heavy atom. The number of methoxy groups -OCH3 is 1. The second-order valence-electron chi connectivity index (χ2n) is 9.15. The molecule has 1 saturated carbocycles. The van der Waals surface area contributed by atoms with Crippen molar-refractivity contribution in [1.82, 2.24) is 9.80 Å². The molecule has 2 heterocycles. The smallest absolute Gasteiger partial charge is 0.254 e. The van der Waals surface area contributed by atoms with E-state index in [0.29, 0.717) is 17.6 Å². The number of carbonyl (C=O) groups is 4. The van der Waals surface area contributed by atoms with Crippen molar-refractivity contribution >= 4 is 62.8 Å². The Hall–Kier alpha value is -2.10. The van der Waals surface area contributed by atoms with Gasteiger partial charge in [-0.2, -0.15) is 0 Å². The van der Waals surface area contributed by atoms with Gasteiger partial charge < -0.3 is 9.84 Å². The Bertz CT molecular complexity index is 1190. The first-order valence-electron chi connectivity index (χ1n) is 10.7. The molecule has 0 aromatic heterocycles. The summed E-state index contributed by atoms with van der Waals surface area (Å²) >= 11 is 17.3. The normalized spacial score (nSPS) is 36.9. The van der Waals surface area contributed by atoms with Crippen LogP contribution in [-0.4, -0.2) is 67.9 Å². The van der Waals surface area contributed by atoms with E-state index in [1.54, 1.807) is 6.07 Å². The van der Waals surface area contributed by atoms with Crippen molar-refractivity contribution in [1.29, 1.82) is 0 Å². The third-order valence-corrected chi connectivity index (χ3v) is 9.69. The number of carbonyl (C=O) groups excluding carboxylic acids is 4. The zero-order valence-corrected chi connectivity index (χ0v) is 21.4. The van der Waals surface area contributed by atoms with Crippen LogP contribution in [0.5, 0.6) is 11.5 Å². The fourth-order valence-electron chi connectivity index (χ4n) is 6.17. The highest BCUT2D eigenvalue weighted by atomic mass is 79.9. The summed E-state index contributed by atoms with van der Waals surface area (Å²) in [5, 5.41) is 10.5. The lowest BCUT2D eigenvalue weighted by Crippen LogP contribution is -2.60. The van der Waals surface area contributed by atoms with Gasteiger partial charge in [0.15, 0.2) is 21.2 Å². The van der Waals surface area contributed by atoms with E-state index in [1.807, 2.05) is 6.08 Å². The number of benzene rings is 1. The van der Waals surface area contributed by atoms with Crippen molar-refractivity contribution < 1.29 is 29.0 Å². The maximum Gasteiger partial charge on any atom is 0.254 e. The predicted octanol–water partition coefficient (Wildman–Crippen LogP) is 2.74. The summed E-state index contributed by atoms with van der Waals surface area (Å²) < 4.78 is 5.15. The number of allylic oxidation sites excluding steroid dienone is 2. The van der Waals surface area contributed by atoms with Gasteiger partial charge in [0, 0.05) is 13.0 Å². The fourth-order valence-corrected chi connectivity index (χ4v) is 7.60. The number of aromatic hydroxyl groups is 1. The SMILES string of the molecule is COc1ccc([C@H]2C3=CC[C@@H]4C(=O)N(C)C(=O)[C@@H]4[C@@H]3C[C@@]3(Cl)C(=O)N(CBr)C(=O)[C@@]23Cl)cc1O. The van der Waals surface area contributed by atoms with Crippen molar-refractivity contribution in [3.8, 4) is 11.5 Å². The number of hydrogen-bond donors (Lipinski definition) is 1. The molecular weight excluding hydrogens is 551 g/mol. The van der Waals surface area contributed by atoms with Gasteiger partial charge in [-0.05, 0) is 36.5 Å². The first kappa shape index (κ1) is 23.6. The Labute approximate surface area is 213 Å². The predicted molar refractivity (Wildman–Crippen MR) is 126 cm³/mol. The monoisotopic (exact) mass is 570 g/mol. The summed E-state index contributed by atoms with van der Waals surface area (Å²) in [5.41, 5.74) is 1.03. The molecule has 1 aromatic carbocycles. The standard InChI is InChI=1S/C23H21BrCl2N2O6/c1-27-18(30)12-5-4-11-13(16(12)19(27)31)8-22(25)20(32)28(9-24)21(33)23(22,26)17(11)10-3-6-15(34-2)14(29)7-10/h3-4,6-7,12-13,16-17,29H,5,8-9H2,1-2H3/t12-,13+,16-,17-,22+,23-/m0/s1. The molecule has 0 bridgehead atoms. The van der Waals surface area contributed by atoms with Crippen LogP contribution in [-0.2, 0) is 19.2 Å². The topological polar surface area (TPSA) is 104 Å². The van der Waals surface area contributed by atoms with Crippen molar-refractivity contribution in [3.63, 3.8) is 0 Å². The third kappa shape index (κ3) is 2.72. The molecule has 1 aromatic rings. The van der Waals surface area contributed by atoms with Crippen LogP contribution in [0.1, 0.15) is 24.3 Å². The molecule has 5 rings (SSSR count). The van der Waals surface area contributed by atoms with Crippen LogP contribution in [0.25, 0.3) is 0 Å². The van der Waals surface area contributed by atoms with E-state index >= 15 is 0 Å². The van der Waals surface area contributed by atoms with Crippen LogP contribution in [0.15, 0.2) is 29.8 Å². The van der Waals surface area contributed by atoms with Gasteiger partial charge in [-0.15, -0.1) is 23.2 Å². The van der Waals surface area contributed by atoms with Gasteiger partial charge in [0.05, 0.1) is 24.4 Å². The minimum absolute atomic E-state index is 0.0649. The minimum Gasteiger partial charge on any atom is -0.504 e. The number of fused-ring (bicyclic) bond motifs is 4. The summed E-state index contributed by atoms with van der Waals surface area (Å²) in [6.07, 6.45) is 2.08. The maximum atomic E-state index is 13.6. The van der Waals surface area contributed by atoms with Crippen LogP contribution < -0.4 is 4.74 Å². The first-order chi connectivity index (χ1) is 16.0. The highest BCUT2D eigenvalue weighted by Gasteiger charge is 2.76. The lowest BCUT2D eigenvalue weighted by atomic mass is 9.56.